The van der Waals surface area contributed by atoms with Gasteiger partial charge in [-0.1, -0.05) is 18.2 Å². The van der Waals surface area contributed by atoms with E-state index in [0.29, 0.717) is 6.61 Å². The number of carbonyl (C=O) groups excluding carboxylic acids is 1. The van der Waals surface area contributed by atoms with Crippen LogP contribution < -0.4 is 0 Å². The first-order chi connectivity index (χ1) is 9.31. The van der Waals surface area contributed by atoms with Gasteiger partial charge in [-0.05, 0) is 19.1 Å². The van der Waals surface area contributed by atoms with E-state index in [1.807, 2.05) is 35.8 Å². The van der Waals surface area contributed by atoms with Crippen molar-refractivity contribution in [3.8, 4) is 0 Å². The first-order valence-electron chi connectivity index (χ1n) is 6.28. The number of fused-ring (bicyclic) bond motifs is 3. The topological polar surface area (TPSA) is 44.1 Å². The van der Waals surface area contributed by atoms with Crippen molar-refractivity contribution in [3.63, 3.8) is 0 Å². The minimum absolute atomic E-state index is 0.212. The number of nitrogens with zero attached hydrogens (tertiary/aromatic N) is 2. The molecule has 4 heteroatoms. The summed E-state index contributed by atoms with van der Waals surface area (Å²) in [4.78, 5) is 15.9. The Morgan fingerprint density at radius 3 is 2.84 bits per heavy atom. The van der Waals surface area contributed by atoms with E-state index < -0.39 is 0 Å². The van der Waals surface area contributed by atoms with Crippen LogP contribution in [0.15, 0.2) is 42.7 Å². The van der Waals surface area contributed by atoms with Crippen LogP contribution in [0.1, 0.15) is 6.92 Å². The van der Waals surface area contributed by atoms with Crippen LogP contribution >= 0.6 is 0 Å². The number of aromatic nitrogens is 2. The van der Waals surface area contributed by atoms with Gasteiger partial charge in [-0.2, -0.15) is 0 Å². The van der Waals surface area contributed by atoms with Crippen LogP contribution in [-0.4, -0.2) is 22.1 Å². The molecule has 96 valence electrons. The van der Waals surface area contributed by atoms with Gasteiger partial charge in [0.1, 0.15) is 6.54 Å². The number of para-hydroxylation sites is 1. The fraction of sp³-hybridized carbons (Fsp3) is 0.200. The van der Waals surface area contributed by atoms with Gasteiger partial charge in [0.05, 0.1) is 18.3 Å². The lowest BCUT2D eigenvalue weighted by atomic mass is 10.2. The molecule has 0 saturated heterocycles. The van der Waals surface area contributed by atoms with E-state index in [-0.39, 0.29) is 12.5 Å². The molecule has 19 heavy (non-hydrogen) atoms. The molecule has 0 aliphatic heterocycles. The lowest BCUT2D eigenvalue weighted by Gasteiger charge is -2.06. The summed E-state index contributed by atoms with van der Waals surface area (Å²) in [5.41, 5.74) is 1.98. The highest BCUT2D eigenvalue weighted by atomic mass is 16.5. The van der Waals surface area contributed by atoms with Gasteiger partial charge >= 0.3 is 5.97 Å². The number of carbonyl (C=O) groups is 1. The van der Waals surface area contributed by atoms with Crippen LogP contribution in [0.2, 0.25) is 0 Å². The number of esters is 1. The van der Waals surface area contributed by atoms with E-state index in [2.05, 4.69) is 11.1 Å². The second-order valence-electron chi connectivity index (χ2n) is 4.30. The fourth-order valence-electron chi connectivity index (χ4n) is 2.40. The van der Waals surface area contributed by atoms with E-state index in [0.717, 1.165) is 21.8 Å². The van der Waals surface area contributed by atoms with Gasteiger partial charge in [0.15, 0.2) is 0 Å². The number of pyridine rings is 1. The Balaban J connectivity index is 2.22. The quantitative estimate of drug-likeness (QED) is 0.675. The second kappa shape index (κ2) is 4.72. The number of hydrogen-bond donors (Lipinski definition) is 0. The van der Waals surface area contributed by atoms with E-state index in [1.54, 1.807) is 12.4 Å². The zero-order chi connectivity index (χ0) is 13.2. The third-order valence-corrected chi connectivity index (χ3v) is 3.17. The van der Waals surface area contributed by atoms with Crippen LogP contribution in [0.25, 0.3) is 21.8 Å². The lowest BCUT2D eigenvalue weighted by Crippen LogP contribution is -2.13. The van der Waals surface area contributed by atoms with Crippen molar-refractivity contribution < 1.29 is 9.53 Å². The van der Waals surface area contributed by atoms with Crippen molar-refractivity contribution in [1.82, 2.24) is 9.55 Å². The van der Waals surface area contributed by atoms with Gasteiger partial charge < -0.3 is 9.30 Å². The lowest BCUT2D eigenvalue weighted by molar-refractivity contribution is -0.143. The number of benzene rings is 1. The van der Waals surface area contributed by atoms with Crippen LogP contribution in [0.3, 0.4) is 0 Å². The molecule has 2 heterocycles. The molecule has 0 bridgehead atoms. The zero-order valence-corrected chi connectivity index (χ0v) is 10.7. The molecule has 0 aliphatic carbocycles. The molecule has 0 atom stereocenters. The fourth-order valence-corrected chi connectivity index (χ4v) is 2.40. The Labute approximate surface area is 110 Å². The normalized spacial score (nSPS) is 11.0. The molecule has 0 spiro atoms. The van der Waals surface area contributed by atoms with Crippen LogP contribution in [0.5, 0.6) is 0 Å². The molecule has 0 radical (unpaired) electrons. The van der Waals surface area contributed by atoms with Crippen molar-refractivity contribution in [2.45, 2.75) is 13.5 Å². The van der Waals surface area contributed by atoms with E-state index in [1.165, 1.54) is 0 Å². The van der Waals surface area contributed by atoms with Crippen molar-refractivity contribution in [3.05, 3.63) is 42.7 Å². The Morgan fingerprint density at radius 2 is 2.00 bits per heavy atom. The Hall–Kier alpha value is -2.36. The summed E-state index contributed by atoms with van der Waals surface area (Å²) in [7, 11) is 0. The molecule has 0 fully saturated rings. The molecule has 0 saturated carbocycles. The van der Waals surface area contributed by atoms with Crippen LogP contribution in [0, 0.1) is 0 Å². The molecule has 1 aromatic carbocycles. The Bertz CT molecular complexity index is 693. The molecule has 0 amide bonds. The second-order valence-corrected chi connectivity index (χ2v) is 4.30. The summed E-state index contributed by atoms with van der Waals surface area (Å²) in [6, 6.07) is 10.0. The van der Waals surface area contributed by atoms with Crippen LogP contribution in [0.4, 0.5) is 0 Å². The summed E-state index contributed by atoms with van der Waals surface area (Å²) in [6.45, 7) is 2.42. The van der Waals surface area contributed by atoms with E-state index in [4.69, 9.17) is 4.74 Å². The van der Waals surface area contributed by atoms with E-state index >= 15 is 0 Å². The smallest absolute Gasteiger partial charge is 0.325 e. The highest BCUT2D eigenvalue weighted by Crippen LogP contribution is 2.27. The highest BCUT2D eigenvalue weighted by molar-refractivity contribution is 6.08. The van der Waals surface area contributed by atoms with Crippen molar-refractivity contribution in [2.75, 3.05) is 6.61 Å². The third kappa shape index (κ3) is 1.95. The molecule has 0 aliphatic rings. The molecule has 0 N–H and O–H groups in total. The largest absolute Gasteiger partial charge is 0.465 e. The third-order valence-electron chi connectivity index (χ3n) is 3.17. The predicted molar refractivity (Wildman–Crippen MR) is 73.9 cm³/mol. The maximum Gasteiger partial charge on any atom is 0.325 e. The average molecular weight is 254 g/mol. The molecular formula is C15H14N2O2. The summed E-state index contributed by atoms with van der Waals surface area (Å²) >= 11 is 0. The van der Waals surface area contributed by atoms with Crippen molar-refractivity contribution in [2.24, 2.45) is 0 Å². The zero-order valence-electron chi connectivity index (χ0n) is 10.7. The molecule has 2 aromatic heterocycles. The number of ether oxygens (including phenoxy) is 1. The van der Waals surface area contributed by atoms with Gasteiger partial charge in [0.2, 0.25) is 0 Å². The van der Waals surface area contributed by atoms with E-state index in [9.17, 15) is 4.79 Å². The molecule has 0 unspecified atom stereocenters. The standard InChI is InChI=1S/C15H14N2O2/c1-2-19-15(18)10-17-13-6-4-3-5-11(13)12-7-8-16-9-14(12)17/h3-9H,2,10H2,1H3. The molecule has 3 rings (SSSR count). The SMILES string of the molecule is CCOC(=O)Cn1c2ccccc2c2ccncc21. The van der Waals surface area contributed by atoms with Gasteiger partial charge in [0, 0.05) is 22.5 Å². The minimum atomic E-state index is -0.228. The highest BCUT2D eigenvalue weighted by Gasteiger charge is 2.12. The Morgan fingerprint density at radius 1 is 1.21 bits per heavy atom. The summed E-state index contributed by atoms with van der Waals surface area (Å²) in [6.07, 6.45) is 3.55. The maximum absolute atomic E-state index is 11.7. The monoisotopic (exact) mass is 254 g/mol. The number of rotatable bonds is 3. The first kappa shape index (κ1) is 11.7. The van der Waals surface area contributed by atoms with Gasteiger partial charge in [-0.15, -0.1) is 0 Å². The average Bonchev–Trinajstić information content (AvgIpc) is 2.75. The summed E-state index contributed by atoms with van der Waals surface area (Å²) < 4.78 is 6.99. The molecular weight excluding hydrogens is 240 g/mol. The Kier molecular flexibility index (Phi) is 2.91. The summed E-state index contributed by atoms with van der Waals surface area (Å²) in [5, 5.41) is 2.24. The first-order valence-corrected chi connectivity index (χ1v) is 6.28. The molecule has 4 nitrogen and oxygen atoms in total. The van der Waals surface area contributed by atoms with Gasteiger partial charge in [0.25, 0.3) is 0 Å². The number of hydrogen-bond acceptors (Lipinski definition) is 3. The van der Waals surface area contributed by atoms with Gasteiger partial charge in [-0.25, -0.2) is 0 Å². The van der Waals surface area contributed by atoms with Crippen molar-refractivity contribution >= 4 is 27.8 Å². The molecule has 3 aromatic rings. The van der Waals surface area contributed by atoms with Gasteiger partial charge in [-0.3, -0.25) is 9.78 Å². The maximum atomic E-state index is 11.7. The van der Waals surface area contributed by atoms with Crippen molar-refractivity contribution in [1.29, 1.82) is 0 Å². The predicted octanol–water partition coefficient (Wildman–Crippen LogP) is 2.75. The van der Waals surface area contributed by atoms with Crippen LogP contribution in [-0.2, 0) is 16.1 Å². The summed E-state index contributed by atoms with van der Waals surface area (Å²) in [5.74, 6) is -0.228. The minimum Gasteiger partial charge on any atom is -0.465 e.